The molecule has 0 saturated heterocycles. The van der Waals surface area contributed by atoms with E-state index in [4.69, 9.17) is 4.74 Å². The Labute approximate surface area is 277 Å². The zero-order chi connectivity index (χ0) is 34.1. The van der Waals surface area contributed by atoms with E-state index in [1.54, 1.807) is 0 Å². The summed E-state index contributed by atoms with van der Waals surface area (Å²) in [6, 6.07) is 9.32. The first kappa shape index (κ1) is 39.3. The average molecular weight is 625 g/mol. The maximum absolute atomic E-state index is 11.0. The summed E-state index contributed by atoms with van der Waals surface area (Å²) in [6.45, 7) is 25.8. The SMILES string of the molecule is CC(C)Cc1cc(CC(C)C)c(OC(c2c(CC(C)C)cc(CC(C)C)cc2CC(C)C)C(CO)(CO)CO)c(CC(C)C)c1. The van der Waals surface area contributed by atoms with Crippen LogP contribution < -0.4 is 4.74 Å². The van der Waals surface area contributed by atoms with Crippen molar-refractivity contribution in [1.82, 2.24) is 0 Å². The van der Waals surface area contributed by atoms with Crippen molar-refractivity contribution in [2.45, 2.75) is 128 Å². The lowest BCUT2D eigenvalue weighted by atomic mass is 9.75. The highest BCUT2D eigenvalue weighted by Gasteiger charge is 2.43. The predicted octanol–water partition coefficient (Wildman–Crippen LogP) is 8.96. The minimum atomic E-state index is -1.27. The minimum Gasteiger partial charge on any atom is -0.484 e. The Bertz CT molecular complexity index is 1100. The van der Waals surface area contributed by atoms with Crippen LogP contribution >= 0.6 is 0 Å². The number of rotatable bonds is 19. The van der Waals surface area contributed by atoms with Crippen LogP contribution in [0.25, 0.3) is 0 Å². The first-order valence-corrected chi connectivity index (χ1v) is 17.8. The lowest BCUT2D eigenvalue weighted by molar-refractivity contribution is -0.0754. The van der Waals surface area contributed by atoms with Crippen LogP contribution in [0.2, 0.25) is 0 Å². The van der Waals surface area contributed by atoms with Gasteiger partial charge in [-0.15, -0.1) is 0 Å². The second-order valence-corrected chi connectivity index (χ2v) is 16.5. The van der Waals surface area contributed by atoms with E-state index in [-0.39, 0.29) is 19.8 Å². The summed E-state index contributed by atoms with van der Waals surface area (Å²) in [5.74, 6) is 3.58. The summed E-state index contributed by atoms with van der Waals surface area (Å²) in [5.41, 5.74) is 7.19. The molecule has 0 aliphatic rings. The van der Waals surface area contributed by atoms with Gasteiger partial charge in [0.05, 0.1) is 25.2 Å². The van der Waals surface area contributed by atoms with Crippen molar-refractivity contribution in [2.24, 2.45) is 40.9 Å². The van der Waals surface area contributed by atoms with Crippen LogP contribution in [-0.2, 0) is 38.5 Å². The molecule has 0 aromatic heterocycles. The second kappa shape index (κ2) is 17.9. The highest BCUT2D eigenvalue weighted by molar-refractivity contribution is 5.48. The van der Waals surface area contributed by atoms with Crippen LogP contribution in [0.5, 0.6) is 5.75 Å². The second-order valence-electron chi connectivity index (χ2n) is 16.5. The van der Waals surface area contributed by atoms with Crippen molar-refractivity contribution in [3.05, 3.63) is 63.2 Å². The molecule has 0 heterocycles. The van der Waals surface area contributed by atoms with Crippen LogP contribution in [0.15, 0.2) is 24.3 Å². The first-order valence-electron chi connectivity index (χ1n) is 17.8. The molecule has 0 saturated carbocycles. The summed E-state index contributed by atoms with van der Waals surface area (Å²) >= 11 is 0. The van der Waals surface area contributed by atoms with Crippen molar-refractivity contribution < 1.29 is 20.1 Å². The molecule has 0 spiro atoms. The van der Waals surface area contributed by atoms with Gasteiger partial charge in [0.2, 0.25) is 0 Å². The number of aliphatic hydroxyl groups is 3. The molecule has 3 N–H and O–H groups in total. The monoisotopic (exact) mass is 625 g/mol. The Balaban J connectivity index is 3.06. The fraction of sp³-hybridized carbons (Fsp3) is 0.707. The Hall–Kier alpha value is -1.88. The van der Waals surface area contributed by atoms with Crippen LogP contribution in [-0.4, -0.2) is 35.1 Å². The molecule has 0 fully saturated rings. The summed E-state index contributed by atoms with van der Waals surface area (Å²) in [5, 5.41) is 32.9. The number of ether oxygens (including phenoxy) is 1. The van der Waals surface area contributed by atoms with Gasteiger partial charge in [-0.05, 0) is 113 Å². The van der Waals surface area contributed by atoms with Crippen molar-refractivity contribution in [1.29, 1.82) is 0 Å². The molecule has 2 aromatic carbocycles. The molecule has 0 bridgehead atoms. The Morgan fingerprint density at radius 2 is 0.756 bits per heavy atom. The number of benzene rings is 2. The lowest BCUT2D eigenvalue weighted by Gasteiger charge is -2.40. The van der Waals surface area contributed by atoms with Crippen molar-refractivity contribution in [2.75, 3.05) is 19.8 Å². The summed E-state index contributed by atoms with van der Waals surface area (Å²) in [4.78, 5) is 0. The molecular formula is C41H68O4. The molecule has 0 radical (unpaired) electrons. The van der Waals surface area contributed by atoms with Gasteiger partial charge >= 0.3 is 0 Å². The van der Waals surface area contributed by atoms with Gasteiger partial charge in [0.15, 0.2) is 0 Å². The third-order valence-electron chi connectivity index (χ3n) is 8.51. The third-order valence-corrected chi connectivity index (χ3v) is 8.51. The topological polar surface area (TPSA) is 69.9 Å². The molecule has 0 aliphatic carbocycles. The molecule has 256 valence electrons. The highest BCUT2D eigenvalue weighted by Crippen LogP contribution is 2.45. The zero-order valence-electron chi connectivity index (χ0n) is 31.0. The molecule has 4 nitrogen and oxygen atoms in total. The van der Waals surface area contributed by atoms with Gasteiger partial charge in [-0.25, -0.2) is 0 Å². The van der Waals surface area contributed by atoms with Crippen LogP contribution in [0.4, 0.5) is 0 Å². The number of hydrogen-bond donors (Lipinski definition) is 3. The van der Waals surface area contributed by atoms with Gasteiger partial charge in [0.1, 0.15) is 11.9 Å². The zero-order valence-corrected chi connectivity index (χ0v) is 31.0. The van der Waals surface area contributed by atoms with Gasteiger partial charge in [0.25, 0.3) is 0 Å². The molecule has 0 amide bonds. The number of aliphatic hydroxyl groups excluding tert-OH is 3. The van der Waals surface area contributed by atoms with Gasteiger partial charge in [0, 0.05) is 0 Å². The normalized spacial score (nSPS) is 13.4. The maximum atomic E-state index is 11.0. The number of hydrogen-bond acceptors (Lipinski definition) is 4. The summed E-state index contributed by atoms with van der Waals surface area (Å²) in [6.07, 6.45) is 4.72. The van der Waals surface area contributed by atoms with Crippen LogP contribution in [0.1, 0.15) is 128 Å². The fourth-order valence-electron chi connectivity index (χ4n) is 6.75. The molecular weight excluding hydrogens is 556 g/mol. The first-order chi connectivity index (χ1) is 21.0. The van der Waals surface area contributed by atoms with E-state index in [1.807, 2.05) is 0 Å². The molecule has 0 aliphatic heterocycles. The molecule has 2 rings (SSSR count). The van der Waals surface area contributed by atoms with Gasteiger partial charge in [-0.1, -0.05) is 107 Å². The summed E-state index contributed by atoms with van der Waals surface area (Å²) < 4.78 is 7.35. The standard InChI is InChI=1S/C41H68O4/c1-26(2)13-32-19-34(15-28(5)6)38(35(20-32)16-29(7)8)40(41(23-42,24-43)25-44)45-39-36(17-30(9)10)21-33(14-27(3)4)22-37(39)18-31(11)12/h19-22,26-31,40,42-44H,13-18,23-25H2,1-12H3. The van der Waals surface area contributed by atoms with E-state index >= 15 is 0 Å². The van der Waals surface area contributed by atoms with Crippen molar-refractivity contribution in [3.63, 3.8) is 0 Å². The van der Waals surface area contributed by atoms with Crippen molar-refractivity contribution >= 4 is 0 Å². The van der Waals surface area contributed by atoms with Gasteiger partial charge < -0.3 is 20.1 Å². The quantitative estimate of drug-likeness (QED) is 0.146. The smallest absolute Gasteiger partial charge is 0.136 e. The molecule has 4 heteroatoms. The van der Waals surface area contributed by atoms with E-state index in [0.29, 0.717) is 35.5 Å². The van der Waals surface area contributed by atoms with Gasteiger partial charge in [-0.2, -0.15) is 0 Å². The maximum Gasteiger partial charge on any atom is 0.136 e. The van der Waals surface area contributed by atoms with Crippen LogP contribution in [0.3, 0.4) is 0 Å². The van der Waals surface area contributed by atoms with E-state index < -0.39 is 11.5 Å². The van der Waals surface area contributed by atoms with E-state index in [0.717, 1.165) is 49.8 Å². The molecule has 1 atom stereocenters. The summed E-state index contributed by atoms with van der Waals surface area (Å²) in [7, 11) is 0. The lowest BCUT2D eigenvalue weighted by Crippen LogP contribution is -2.44. The largest absolute Gasteiger partial charge is 0.484 e. The average Bonchev–Trinajstić information content (AvgIpc) is 2.89. The predicted molar refractivity (Wildman–Crippen MR) is 191 cm³/mol. The van der Waals surface area contributed by atoms with Gasteiger partial charge in [-0.3, -0.25) is 0 Å². The highest BCUT2D eigenvalue weighted by atomic mass is 16.5. The minimum absolute atomic E-state index is 0.384. The molecule has 1 unspecified atom stereocenters. The van der Waals surface area contributed by atoms with E-state index in [2.05, 4.69) is 107 Å². The molecule has 45 heavy (non-hydrogen) atoms. The fourth-order valence-corrected chi connectivity index (χ4v) is 6.75. The Morgan fingerprint density at radius 1 is 0.467 bits per heavy atom. The van der Waals surface area contributed by atoms with E-state index in [9.17, 15) is 15.3 Å². The Kier molecular flexibility index (Phi) is 15.6. The molecule has 2 aromatic rings. The van der Waals surface area contributed by atoms with E-state index in [1.165, 1.54) is 33.4 Å². The third kappa shape index (κ3) is 11.4. The van der Waals surface area contributed by atoms with Crippen LogP contribution in [0, 0.1) is 40.9 Å². The Morgan fingerprint density at radius 3 is 1.04 bits per heavy atom. The van der Waals surface area contributed by atoms with Crippen molar-refractivity contribution in [3.8, 4) is 5.75 Å².